The summed E-state index contributed by atoms with van der Waals surface area (Å²) >= 11 is 5.48. The van der Waals surface area contributed by atoms with Crippen molar-refractivity contribution in [3.05, 3.63) is 56.1 Å². The van der Waals surface area contributed by atoms with Crippen LogP contribution in [0.4, 0.5) is 5.69 Å². The monoisotopic (exact) mass is 456 g/mol. The summed E-state index contributed by atoms with van der Waals surface area (Å²) in [5.74, 6) is 0.415. The lowest BCUT2D eigenvalue weighted by Crippen LogP contribution is -2.13. The maximum Gasteiger partial charge on any atom is 0.256 e. The van der Waals surface area contributed by atoms with Gasteiger partial charge in [-0.25, -0.2) is 0 Å². The minimum Gasteiger partial charge on any atom is -0.479 e. The molecule has 0 radical (unpaired) electrons. The van der Waals surface area contributed by atoms with E-state index in [1.165, 1.54) is 0 Å². The van der Waals surface area contributed by atoms with Crippen molar-refractivity contribution in [1.82, 2.24) is 0 Å². The molecule has 6 heteroatoms. The molecular formula is C15H10BrIN2O2. The van der Waals surface area contributed by atoms with E-state index in [2.05, 4.69) is 43.8 Å². The number of nitriles is 1. The molecule has 2 aromatic carbocycles. The number of hydrogen-bond donors (Lipinski definition) is 1. The van der Waals surface area contributed by atoms with Crippen molar-refractivity contribution in [2.24, 2.45) is 0 Å². The number of halogens is 2. The Kier molecular flexibility index (Phi) is 5.59. The molecular weight excluding hydrogens is 447 g/mol. The molecule has 1 N–H and O–H groups in total. The second kappa shape index (κ2) is 7.43. The Morgan fingerprint density at radius 3 is 2.67 bits per heavy atom. The van der Waals surface area contributed by atoms with Crippen LogP contribution in [0, 0.1) is 14.9 Å². The van der Waals surface area contributed by atoms with E-state index in [1.807, 2.05) is 18.2 Å². The Labute approximate surface area is 144 Å². The summed E-state index contributed by atoms with van der Waals surface area (Å²) in [6.07, 6.45) is 0. The van der Waals surface area contributed by atoms with Gasteiger partial charge in [0.05, 0.1) is 5.56 Å². The average Bonchev–Trinajstić information content (AvgIpc) is 2.49. The van der Waals surface area contributed by atoms with E-state index in [-0.39, 0.29) is 12.5 Å². The molecule has 0 aliphatic heterocycles. The van der Waals surface area contributed by atoms with E-state index >= 15 is 0 Å². The van der Waals surface area contributed by atoms with Gasteiger partial charge in [-0.3, -0.25) is 4.79 Å². The van der Waals surface area contributed by atoms with Crippen LogP contribution in [0.2, 0.25) is 0 Å². The van der Waals surface area contributed by atoms with Gasteiger partial charge in [0, 0.05) is 13.7 Å². The van der Waals surface area contributed by atoms with Crippen LogP contribution >= 0.6 is 38.5 Å². The number of anilines is 1. The number of ether oxygens (including phenoxy) is 1. The molecule has 4 nitrogen and oxygen atoms in total. The van der Waals surface area contributed by atoms with Crippen LogP contribution in [0.1, 0.15) is 10.4 Å². The van der Waals surface area contributed by atoms with Crippen molar-refractivity contribution in [3.8, 4) is 11.8 Å². The van der Waals surface area contributed by atoms with Gasteiger partial charge in [0.1, 0.15) is 11.8 Å². The van der Waals surface area contributed by atoms with Crippen molar-refractivity contribution in [2.45, 2.75) is 0 Å². The molecule has 0 aromatic heterocycles. The van der Waals surface area contributed by atoms with E-state index in [9.17, 15) is 4.79 Å². The first kappa shape index (κ1) is 15.8. The fourth-order valence-corrected chi connectivity index (χ4v) is 2.56. The molecule has 1 amide bonds. The van der Waals surface area contributed by atoms with E-state index < -0.39 is 0 Å². The highest BCUT2D eigenvalue weighted by Gasteiger charge is 2.10. The van der Waals surface area contributed by atoms with E-state index in [4.69, 9.17) is 10.00 Å². The first-order chi connectivity index (χ1) is 10.1. The van der Waals surface area contributed by atoms with Crippen LogP contribution in [-0.4, -0.2) is 12.5 Å². The molecule has 0 bridgehead atoms. The molecule has 0 unspecified atom stereocenters. The van der Waals surface area contributed by atoms with Crippen LogP contribution < -0.4 is 10.1 Å². The largest absolute Gasteiger partial charge is 0.479 e. The van der Waals surface area contributed by atoms with Gasteiger partial charge in [-0.2, -0.15) is 5.26 Å². The predicted octanol–water partition coefficient (Wildman–Crippen LogP) is 4.21. The van der Waals surface area contributed by atoms with Gasteiger partial charge < -0.3 is 10.1 Å². The van der Waals surface area contributed by atoms with Crippen LogP contribution in [0.15, 0.2) is 46.9 Å². The lowest BCUT2D eigenvalue weighted by atomic mass is 10.2. The quantitative estimate of drug-likeness (QED) is 0.701. The summed E-state index contributed by atoms with van der Waals surface area (Å²) in [6.45, 7) is 0.00193. The second-order valence-corrected chi connectivity index (χ2v) is 6.13. The van der Waals surface area contributed by atoms with Gasteiger partial charge in [0.25, 0.3) is 5.91 Å². The standard InChI is InChI=1S/C15H10BrIN2O2/c16-10-1-6-14(17)13(9-10)15(20)19-11-2-4-12(5-3-11)21-8-7-18/h1-6,9H,8H2,(H,19,20). The van der Waals surface area contributed by atoms with Gasteiger partial charge in [-0.05, 0) is 65.1 Å². The number of hydrogen-bond acceptors (Lipinski definition) is 3. The van der Waals surface area contributed by atoms with E-state index in [1.54, 1.807) is 30.3 Å². The molecule has 0 saturated carbocycles. The van der Waals surface area contributed by atoms with Crippen molar-refractivity contribution in [3.63, 3.8) is 0 Å². The van der Waals surface area contributed by atoms with Gasteiger partial charge in [0.15, 0.2) is 6.61 Å². The minimum atomic E-state index is -0.175. The molecule has 106 valence electrons. The minimum absolute atomic E-state index is 0.00193. The lowest BCUT2D eigenvalue weighted by molar-refractivity contribution is 0.102. The third-order valence-electron chi connectivity index (χ3n) is 2.59. The predicted molar refractivity (Wildman–Crippen MR) is 92.4 cm³/mol. The summed E-state index contributed by atoms with van der Waals surface area (Å²) in [5, 5.41) is 11.3. The van der Waals surface area contributed by atoms with Crippen molar-refractivity contribution >= 4 is 50.1 Å². The molecule has 0 heterocycles. The van der Waals surface area contributed by atoms with E-state index in [0.717, 1.165) is 8.04 Å². The van der Waals surface area contributed by atoms with Crippen LogP contribution in [-0.2, 0) is 0 Å². The first-order valence-electron chi connectivity index (χ1n) is 5.96. The molecule has 2 aromatic rings. The zero-order chi connectivity index (χ0) is 15.2. The molecule has 0 spiro atoms. The number of carbonyl (C=O) groups excluding carboxylic acids is 1. The second-order valence-electron chi connectivity index (χ2n) is 4.05. The third kappa shape index (κ3) is 4.44. The zero-order valence-corrected chi connectivity index (χ0v) is 14.5. The third-order valence-corrected chi connectivity index (χ3v) is 4.02. The average molecular weight is 457 g/mol. The number of nitrogens with zero attached hydrogens (tertiary/aromatic N) is 1. The van der Waals surface area contributed by atoms with Crippen LogP contribution in [0.25, 0.3) is 0 Å². The summed E-state index contributed by atoms with van der Waals surface area (Å²) in [5.41, 5.74) is 1.27. The number of amides is 1. The molecule has 0 fully saturated rings. The van der Waals surface area contributed by atoms with Gasteiger partial charge in [0.2, 0.25) is 0 Å². The highest BCUT2D eigenvalue weighted by atomic mass is 127. The Morgan fingerprint density at radius 2 is 2.00 bits per heavy atom. The fourth-order valence-electron chi connectivity index (χ4n) is 1.62. The maximum absolute atomic E-state index is 12.2. The topological polar surface area (TPSA) is 62.1 Å². The summed E-state index contributed by atoms with van der Waals surface area (Å²) < 4.78 is 6.89. The smallest absolute Gasteiger partial charge is 0.256 e. The fraction of sp³-hybridized carbons (Fsp3) is 0.0667. The molecule has 0 saturated heterocycles. The highest BCUT2D eigenvalue weighted by Crippen LogP contribution is 2.21. The van der Waals surface area contributed by atoms with Gasteiger partial charge in [-0.1, -0.05) is 15.9 Å². The van der Waals surface area contributed by atoms with E-state index in [0.29, 0.717) is 17.0 Å². The molecule has 21 heavy (non-hydrogen) atoms. The van der Waals surface area contributed by atoms with Crippen molar-refractivity contribution in [2.75, 3.05) is 11.9 Å². The van der Waals surface area contributed by atoms with Crippen molar-refractivity contribution < 1.29 is 9.53 Å². The number of rotatable bonds is 4. The van der Waals surface area contributed by atoms with Crippen LogP contribution in [0.3, 0.4) is 0 Å². The SMILES string of the molecule is N#CCOc1ccc(NC(=O)c2cc(Br)ccc2I)cc1. The maximum atomic E-state index is 12.2. The molecule has 0 aliphatic carbocycles. The lowest BCUT2D eigenvalue weighted by Gasteiger charge is -2.08. The highest BCUT2D eigenvalue weighted by molar-refractivity contribution is 14.1. The van der Waals surface area contributed by atoms with Gasteiger partial charge >= 0.3 is 0 Å². The Hall–Kier alpha value is -1.59. The molecule has 0 atom stereocenters. The Morgan fingerprint density at radius 1 is 1.29 bits per heavy atom. The van der Waals surface area contributed by atoms with Crippen LogP contribution in [0.5, 0.6) is 5.75 Å². The molecule has 0 aliphatic rings. The normalized spacial score (nSPS) is 9.76. The number of benzene rings is 2. The first-order valence-corrected chi connectivity index (χ1v) is 7.83. The Bertz CT molecular complexity index is 696. The summed E-state index contributed by atoms with van der Waals surface area (Å²) in [7, 11) is 0. The zero-order valence-electron chi connectivity index (χ0n) is 10.8. The molecule has 2 rings (SSSR count). The number of nitrogens with one attached hydrogen (secondary N) is 1. The number of carbonyl (C=O) groups is 1. The Balaban J connectivity index is 2.09. The summed E-state index contributed by atoms with van der Waals surface area (Å²) in [4.78, 5) is 12.2. The van der Waals surface area contributed by atoms with Crippen molar-refractivity contribution in [1.29, 1.82) is 5.26 Å². The summed E-state index contributed by atoms with van der Waals surface area (Å²) in [6, 6.07) is 14.3. The van der Waals surface area contributed by atoms with Gasteiger partial charge in [-0.15, -0.1) is 0 Å².